The molecule has 0 radical (unpaired) electrons. The second kappa shape index (κ2) is 9.51. The van der Waals surface area contributed by atoms with E-state index in [1.165, 1.54) is 0 Å². The number of nitrogens with one attached hydrogen (secondary N) is 2. The van der Waals surface area contributed by atoms with Crippen molar-refractivity contribution in [3.63, 3.8) is 0 Å². The molecule has 2 N–H and O–H groups in total. The van der Waals surface area contributed by atoms with Gasteiger partial charge in [0.25, 0.3) is 5.91 Å². The van der Waals surface area contributed by atoms with Crippen LogP contribution in [0.25, 0.3) is 5.70 Å². The van der Waals surface area contributed by atoms with E-state index in [2.05, 4.69) is 30.2 Å². The van der Waals surface area contributed by atoms with E-state index in [0.29, 0.717) is 17.9 Å². The largest absolute Gasteiger partial charge is 0.390 e. The first-order chi connectivity index (χ1) is 11.1. The molecule has 0 atom stereocenters. The van der Waals surface area contributed by atoms with Crippen molar-refractivity contribution in [3.05, 3.63) is 66.0 Å². The zero-order chi connectivity index (χ0) is 17.2. The molecule has 1 aromatic carbocycles. The number of hydrogen-bond acceptors (Lipinski definition) is 3. The average Bonchev–Trinajstić information content (AvgIpc) is 2.59. The Morgan fingerprint density at radius 2 is 1.87 bits per heavy atom. The first-order valence-electron chi connectivity index (χ1n) is 7.86. The third-order valence-corrected chi connectivity index (χ3v) is 3.57. The molecule has 1 amide bonds. The molecule has 0 aliphatic rings. The fraction of sp³-hybridized carbons (Fsp3) is 0.316. The van der Waals surface area contributed by atoms with Crippen LogP contribution in [-0.4, -0.2) is 31.4 Å². The topological polar surface area (TPSA) is 44.4 Å². The van der Waals surface area contributed by atoms with Gasteiger partial charge < -0.3 is 15.5 Å². The zero-order valence-electron chi connectivity index (χ0n) is 14.5. The molecule has 0 heterocycles. The Bertz CT molecular complexity index is 588. The van der Waals surface area contributed by atoms with Crippen molar-refractivity contribution >= 4 is 11.6 Å². The van der Waals surface area contributed by atoms with E-state index in [1.54, 1.807) is 18.0 Å². The molecule has 0 saturated carbocycles. The summed E-state index contributed by atoms with van der Waals surface area (Å²) in [6.07, 6.45) is 4.75. The molecule has 1 aromatic rings. The van der Waals surface area contributed by atoms with Gasteiger partial charge in [-0.25, -0.2) is 0 Å². The van der Waals surface area contributed by atoms with Crippen molar-refractivity contribution < 1.29 is 4.79 Å². The van der Waals surface area contributed by atoms with Crippen LogP contribution in [0.1, 0.15) is 25.8 Å². The lowest BCUT2D eigenvalue weighted by Gasteiger charge is -2.27. The summed E-state index contributed by atoms with van der Waals surface area (Å²) in [5.74, 6) is -0.0962. The van der Waals surface area contributed by atoms with Crippen LogP contribution in [0.4, 0.5) is 0 Å². The molecule has 4 nitrogen and oxygen atoms in total. The Morgan fingerprint density at radius 3 is 2.35 bits per heavy atom. The van der Waals surface area contributed by atoms with Crippen LogP contribution in [0, 0.1) is 0 Å². The van der Waals surface area contributed by atoms with E-state index in [4.69, 9.17) is 0 Å². The van der Waals surface area contributed by atoms with Crippen LogP contribution in [0.5, 0.6) is 0 Å². The van der Waals surface area contributed by atoms with E-state index in [9.17, 15) is 4.79 Å². The SMILES string of the molecule is C=C(c1ccccc1)N(C/C(=C/CC)NC)C(=O)/C(=C\C)NC. The fourth-order valence-corrected chi connectivity index (χ4v) is 2.26. The van der Waals surface area contributed by atoms with Gasteiger partial charge in [-0.05, 0) is 18.9 Å². The minimum absolute atomic E-state index is 0.0962. The maximum absolute atomic E-state index is 12.9. The molecular formula is C19H27N3O. The number of carbonyl (C=O) groups excluding carboxylic acids is 1. The Morgan fingerprint density at radius 1 is 1.22 bits per heavy atom. The third kappa shape index (κ3) is 5.02. The minimum Gasteiger partial charge on any atom is -0.390 e. The summed E-state index contributed by atoms with van der Waals surface area (Å²) in [6.45, 7) is 8.51. The van der Waals surface area contributed by atoms with Crippen LogP contribution in [0.15, 0.2) is 60.5 Å². The molecule has 124 valence electrons. The second-order valence-corrected chi connectivity index (χ2v) is 5.04. The molecule has 1 rings (SSSR count). The highest BCUT2D eigenvalue weighted by Crippen LogP contribution is 2.20. The Labute approximate surface area is 139 Å². The van der Waals surface area contributed by atoms with Crippen molar-refractivity contribution in [2.45, 2.75) is 20.3 Å². The zero-order valence-corrected chi connectivity index (χ0v) is 14.5. The standard InChI is InChI=1S/C19H27N3O/c1-6-11-17(20-4)14-22(19(23)18(7-2)21-5)15(3)16-12-9-8-10-13-16/h7-13,20-21H,3,6,14H2,1-2,4-5H3/b17-11-,18-7+. The van der Waals surface area contributed by atoms with E-state index >= 15 is 0 Å². The molecule has 0 unspecified atom stereocenters. The molecule has 0 spiro atoms. The maximum Gasteiger partial charge on any atom is 0.274 e. The van der Waals surface area contributed by atoms with Crippen LogP contribution >= 0.6 is 0 Å². The highest BCUT2D eigenvalue weighted by Gasteiger charge is 2.21. The molecule has 23 heavy (non-hydrogen) atoms. The van der Waals surface area contributed by atoms with Gasteiger partial charge in [-0.2, -0.15) is 0 Å². The molecular weight excluding hydrogens is 286 g/mol. The number of nitrogens with zero attached hydrogens (tertiary/aromatic N) is 1. The van der Waals surface area contributed by atoms with Gasteiger partial charge in [0.2, 0.25) is 0 Å². The first-order valence-corrected chi connectivity index (χ1v) is 7.86. The molecule has 0 aliphatic carbocycles. The summed E-state index contributed by atoms with van der Waals surface area (Å²) in [6, 6.07) is 9.75. The summed E-state index contributed by atoms with van der Waals surface area (Å²) >= 11 is 0. The van der Waals surface area contributed by atoms with Gasteiger partial charge in [0.15, 0.2) is 0 Å². The Kier molecular flexibility index (Phi) is 7.67. The minimum atomic E-state index is -0.0962. The highest BCUT2D eigenvalue weighted by atomic mass is 16.2. The Balaban J connectivity index is 3.18. The summed E-state index contributed by atoms with van der Waals surface area (Å²) in [4.78, 5) is 14.5. The van der Waals surface area contributed by atoms with Gasteiger partial charge in [0.05, 0.1) is 12.2 Å². The van der Waals surface area contributed by atoms with Crippen molar-refractivity contribution in [1.29, 1.82) is 0 Å². The predicted octanol–water partition coefficient (Wildman–Crippen LogP) is 3.12. The lowest BCUT2D eigenvalue weighted by atomic mass is 10.1. The summed E-state index contributed by atoms with van der Waals surface area (Å²) in [7, 11) is 3.61. The summed E-state index contributed by atoms with van der Waals surface area (Å²) in [5, 5.41) is 6.11. The second-order valence-electron chi connectivity index (χ2n) is 5.04. The molecule has 0 aromatic heterocycles. The van der Waals surface area contributed by atoms with E-state index in [-0.39, 0.29) is 5.91 Å². The summed E-state index contributed by atoms with van der Waals surface area (Å²) < 4.78 is 0. The van der Waals surface area contributed by atoms with Crippen molar-refractivity contribution in [2.24, 2.45) is 0 Å². The maximum atomic E-state index is 12.9. The molecule has 0 aliphatic heterocycles. The normalized spacial score (nSPS) is 11.8. The number of likely N-dealkylation sites (N-methyl/N-ethyl adjacent to an activating group) is 2. The van der Waals surface area contributed by atoms with Crippen LogP contribution in [0.3, 0.4) is 0 Å². The monoisotopic (exact) mass is 313 g/mol. The van der Waals surface area contributed by atoms with E-state index in [0.717, 1.165) is 17.7 Å². The summed E-state index contributed by atoms with van der Waals surface area (Å²) in [5.41, 5.74) is 3.15. The molecule has 0 fully saturated rings. The van der Waals surface area contributed by atoms with Crippen LogP contribution < -0.4 is 10.6 Å². The van der Waals surface area contributed by atoms with Gasteiger partial charge in [0.1, 0.15) is 0 Å². The number of amides is 1. The lowest BCUT2D eigenvalue weighted by molar-refractivity contribution is -0.124. The fourth-order valence-electron chi connectivity index (χ4n) is 2.26. The van der Waals surface area contributed by atoms with Gasteiger partial charge in [0, 0.05) is 25.5 Å². The van der Waals surface area contributed by atoms with Gasteiger partial charge in [-0.15, -0.1) is 0 Å². The number of benzene rings is 1. The van der Waals surface area contributed by atoms with Gasteiger partial charge in [-0.1, -0.05) is 56.0 Å². The number of carbonyl (C=O) groups is 1. The number of allylic oxidation sites excluding steroid dienone is 2. The van der Waals surface area contributed by atoms with E-state index in [1.807, 2.05) is 44.3 Å². The number of hydrogen-bond donors (Lipinski definition) is 2. The third-order valence-electron chi connectivity index (χ3n) is 3.57. The molecule has 0 bridgehead atoms. The lowest BCUT2D eigenvalue weighted by Crippen LogP contribution is -2.37. The van der Waals surface area contributed by atoms with E-state index < -0.39 is 0 Å². The molecule has 0 saturated heterocycles. The van der Waals surface area contributed by atoms with Crippen molar-refractivity contribution in [1.82, 2.24) is 15.5 Å². The highest BCUT2D eigenvalue weighted by molar-refractivity contribution is 5.98. The quantitative estimate of drug-likeness (QED) is 0.725. The number of rotatable bonds is 8. The predicted molar refractivity (Wildman–Crippen MR) is 97.4 cm³/mol. The smallest absolute Gasteiger partial charge is 0.274 e. The van der Waals surface area contributed by atoms with Crippen molar-refractivity contribution in [2.75, 3.05) is 20.6 Å². The Hall–Kier alpha value is -2.49. The van der Waals surface area contributed by atoms with Crippen LogP contribution in [0.2, 0.25) is 0 Å². The van der Waals surface area contributed by atoms with Gasteiger partial charge in [-0.3, -0.25) is 4.79 Å². The van der Waals surface area contributed by atoms with Crippen LogP contribution in [-0.2, 0) is 4.79 Å². The molecule has 4 heteroatoms. The van der Waals surface area contributed by atoms with Crippen molar-refractivity contribution in [3.8, 4) is 0 Å². The average molecular weight is 313 g/mol. The first kappa shape index (κ1) is 18.6. The van der Waals surface area contributed by atoms with Gasteiger partial charge >= 0.3 is 0 Å².